The minimum absolute atomic E-state index is 0.0874. The van der Waals surface area contributed by atoms with E-state index in [1.807, 2.05) is 85.4 Å². The number of carbonyl (C=O) groups is 2. The van der Waals surface area contributed by atoms with Crippen molar-refractivity contribution < 1.29 is 28.5 Å². The third-order valence-electron chi connectivity index (χ3n) is 11.3. The van der Waals surface area contributed by atoms with E-state index in [0.717, 1.165) is 61.3 Å². The second-order valence-electron chi connectivity index (χ2n) is 15.8. The molecule has 342 valence electrons. The standard InChI is InChI=1S/C49H54N10O6S/c1-7-50-44(60)28-40-48-56-54-31(3)58(48)43-19-15-36(63-6)27-39(43)47(52-40)34-12-16-37(17-13-34)66-25-24-65-23-22-64-21-20-51-45(61)29-41-49-57-55-32(4)59(49)42-18-14-35(62-5)26-38(42)46(53-41)33-10-8-30(2)9-11-33/h8-19,26-27,40-41H,7,20-25,28-29H2,1-6H3,(H,50,60)(H,51,61)/t40-,41-/m0/s1. The summed E-state index contributed by atoms with van der Waals surface area (Å²) in [5, 5.41) is 23.6. The van der Waals surface area contributed by atoms with Crippen molar-refractivity contribution in [3.05, 3.63) is 136 Å². The van der Waals surface area contributed by atoms with Crippen LogP contribution in [0.15, 0.2) is 99.8 Å². The Labute approximate surface area is 388 Å². The Morgan fingerprint density at radius 3 is 1.64 bits per heavy atom. The van der Waals surface area contributed by atoms with Gasteiger partial charge in [0.25, 0.3) is 0 Å². The zero-order valence-electron chi connectivity index (χ0n) is 38.0. The zero-order chi connectivity index (χ0) is 46.2. The Bertz CT molecular complexity index is 2750. The molecule has 8 rings (SSSR count). The number of methoxy groups -OCH3 is 2. The molecule has 0 saturated carbocycles. The van der Waals surface area contributed by atoms with Crippen molar-refractivity contribution in [1.82, 2.24) is 40.2 Å². The number of rotatable bonds is 19. The van der Waals surface area contributed by atoms with Gasteiger partial charge in [0.1, 0.15) is 35.2 Å². The summed E-state index contributed by atoms with van der Waals surface area (Å²) in [6.45, 7) is 10.3. The van der Waals surface area contributed by atoms with Crippen LogP contribution in [0.2, 0.25) is 0 Å². The number of amides is 2. The van der Waals surface area contributed by atoms with Crippen molar-refractivity contribution in [2.45, 2.75) is 57.5 Å². The highest BCUT2D eigenvalue weighted by atomic mass is 32.2. The van der Waals surface area contributed by atoms with Gasteiger partial charge in [0.05, 0.1) is 76.3 Å². The van der Waals surface area contributed by atoms with Gasteiger partial charge >= 0.3 is 0 Å². The highest BCUT2D eigenvalue weighted by Crippen LogP contribution is 2.36. The van der Waals surface area contributed by atoms with Crippen LogP contribution in [0, 0.1) is 20.8 Å². The summed E-state index contributed by atoms with van der Waals surface area (Å²) in [5.41, 5.74) is 7.98. The molecule has 2 N–H and O–H groups in total. The van der Waals surface area contributed by atoms with Crippen molar-refractivity contribution in [1.29, 1.82) is 0 Å². The molecule has 4 heterocycles. The van der Waals surface area contributed by atoms with E-state index in [2.05, 4.69) is 67.4 Å². The van der Waals surface area contributed by atoms with E-state index in [-0.39, 0.29) is 24.7 Å². The Morgan fingerprint density at radius 1 is 0.621 bits per heavy atom. The van der Waals surface area contributed by atoms with Gasteiger partial charge in [-0.25, -0.2) is 0 Å². The average Bonchev–Trinajstić information content (AvgIpc) is 3.83. The summed E-state index contributed by atoms with van der Waals surface area (Å²) in [6.07, 6.45) is 0.229. The van der Waals surface area contributed by atoms with Gasteiger partial charge in [0, 0.05) is 46.0 Å². The van der Waals surface area contributed by atoms with Crippen LogP contribution in [0.25, 0.3) is 11.4 Å². The van der Waals surface area contributed by atoms with Gasteiger partial charge in [0.15, 0.2) is 11.6 Å². The first-order valence-corrected chi connectivity index (χ1v) is 23.0. The van der Waals surface area contributed by atoms with Crippen LogP contribution in [0.4, 0.5) is 0 Å². The Balaban J connectivity index is 0.810. The number of thioether (sulfide) groups is 1. The van der Waals surface area contributed by atoms with Gasteiger partial charge in [-0.1, -0.05) is 42.0 Å². The van der Waals surface area contributed by atoms with Crippen molar-refractivity contribution in [3.63, 3.8) is 0 Å². The zero-order valence-corrected chi connectivity index (χ0v) is 38.9. The molecule has 0 fully saturated rings. The quantitative estimate of drug-likeness (QED) is 0.0675. The molecule has 0 spiro atoms. The SMILES string of the molecule is CCNC(=O)C[C@@H]1N=C(c2ccc(SCCOCCOCCNC(=O)C[C@@H]3N=C(c4ccc(C)cc4)c4cc(OC)ccc4-n4c(C)nnc43)cc2)c2cc(OC)ccc2-n2c(C)nnc21. The molecule has 66 heavy (non-hydrogen) atoms. The number of benzene rings is 4. The van der Waals surface area contributed by atoms with Crippen LogP contribution in [0.5, 0.6) is 11.5 Å². The fraction of sp³-hybridized carbons (Fsp3) is 0.347. The van der Waals surface area contributed by atoms with Crippen LogP contribution >= 0.6 is 11.8 Å². The Morgan fingerprint density at radius 2 is 1.12 bits per heavy atom. The lowest BCUT2D eigenvalue weighted by atomic mass is 9.99. The number of fused-ring (bicyclic) bond motifs is 6. The van der Waals surface area contributed by atoms with Crippen LogP contribution in [-0.4, -0.2) is 112 Å². The summed E-state index contributed by atoms with van der Waals surface area (Å²) in [5.74, 6) is 4.51. The Hall–Kier alpha value is -6.69. The monoisotopic (exact) mass is 910 g/mol. The van der Waals surface area contributed by atoms with E-state index in [4.69, 9.17) is 28.9 Å². The molecule has 0 unspecified atom stereocenters. The van der Waals surface area contributed by atoms with Gasteiger partial charge in [0.2, 0.25) is 11.8 Å². The first-order chi connectivity index (χ1) is 32.1. The molecular formula is C49H54N10O6S. The largest absolute Gasteiger partial charge is 0.497 e. The molecule has 2 aliphatic heterocycles. The number of nitrogens with zero attached hydrogens (tertiary/aromatic N) is 8. The van der Waals surface area contributed by atoms with Crippen molar-refractivity contribution >= 4 is 35.0 Å². The average molecular weight is 911 g/mol. The minimum atomic E-state index is -0.572. The number of hydrogen-bond acceptors (Lipinski definition) is 13. The normalized spacial score (nSPS) is 14.9. The fourth-order valence-electron chi connectivity index (χ4n) is 8.05. The molecule has 16 nitrogen and oxygen atoms in total. The molecule has 0 saturated heterocycles. The second-order valence-corrected chi connectivity index (χ2v) is 17.0. The van der Waals surface area contributed by atoms with Crippen molar-refractivity contribution in [2.75, 3.05) is 59.5 Å². The lowest BCUT2D eigenvalue weighted by Crippen LogP contribution is -2.29. The maximum absolute atomic E-state index is 13.4. The highest BCUT2D eigenvalue weighted by Gasteiger charge is 2.32. The van der Waals surface area contributed by atoms with Crippen LogP contribution in [0.1, 0.15) is 83.0 Å². The lowest BCUT2D eigenvalue weighted by molar-refractivity contribution is -0.122. The van der Waals surface area contributed by atoms with Crippen molar-refractivity contribution in [2.24, 2.45) is 9.98 Å². The maximum Gasteiger partial charge on any atom is 0.222 e. The number of ether oxygens (including phenoxy) is 4. The van der Waals surface area contributed by atoms with Crippen LogP contribution < -0.4 is 20.1 Å². The van der Waals surface area contributed by atoms with Gasteiger partial charge in [-0.15, -0.1) is 32.2 Å². The Kier molecular flexibility index (Phi) is 14.7. The van der Waals surface area contributed by atoms with E-state index in [0.29, 0.717) is 74.3 Å². The second kappa shape index (κ2) is 21.1. The van der Waals surface area contributed by atoms with Crippen LogP contribution in [0.3, 0.4) is 0 Å². The third-order valence-corrected chi connectivity index (χ3v) is 12.3. The number of aromatic nitrogens is 6. The molecule has 2 atom stereocenters. The van der Waals surface area contributed by atoms with Gasteiger partial charge < -0.3 is 29.6 Å². The van der Waals surface area contributed by atoms with Crippen molar-refractivity contribution in [3.8, 4) is 22.9 Å². The summed E-state index contributed by atoms with van der Waals surface area (Å²) in [6, 6.07) is 27.0. The molecule has 0 aliphatic carbocycles. The summed E-state index contributed by atoms with van der Waals surface area (Å²) in [7, 11) is 3.28. The molecule has 6 aromatic rings. The summed E-state index contributed by atoms with van der Waals surface area (Å²) >= 11 is 1.69. The number of nitrogens with one attached hydrogen (secondary N) is 2. The predicted molar refractivity (Wildman–Crippen MR) is 253 cm³/mol. The molecule has 2 amide bonds. The summed E-state index contributed by atoms with van der Waals surface area (Å²) in [4.78, 5) is 37.6. The molecule has 0 radical (unpaired) electrons. The predicted octanol–water partition coefficient (Wildman–Crippen LogP) is 6.43. The fourth-order valence-corrected chi connectivity index (χ4v) is 8.82. The molecule has 2 aromatic heterocycles. The minimum Gasteiger partial charge on any atom is -0.497 e. The topological polar surface area (TPSA) is 181 Å². The van der Waals surface area contributed by atoms with E-state index in [1.165, 1.54) is 0 Å². The number of aryl methyl sites for hydroxylation is 3. The molecule has 17 heteroatoms. The van der Waals surface area contributed by atoms with E-state index in [1.54, 1.807) is 26.0 Å². The van der Waals surface area contributed by atoms with E-state index in [9.17, 15) is 9.59 Å². The summed E-state index contributed by atoms with van der Waals surface area (Å²) < 4.78 is 26.8. The van der Waals surface area contributed by atoms with E-state index < -0.39 is 12.1 Å². The first-order valence-electron chi connectivity index (χ1n) is 22.0. The van der Waals surface area contributed by atoms with Gasteiger partial charge in [-0.3, -0.25) is 28.7 Å². The third kappa shape index (κ3) is 10.2. The lowest BCUT2D eigenvalue weighted by Gasteiger charge is -2.14. The maximum atomic E-state index is 13.4. The van der Waals surface area contributed by atoms with Gasteiger partial charge in [-0.05, 0) is 76.2 Å². The van der Waals surface area contributed by atoms with Gasteiger partial charge in [-0.2, -0.15) is 0 Å². The molecular weight excluding hydrogens is 857 g/mol. The smallest absolute Gasteiger partial charge is 0.222 e. The number of hydrogen-bond donors (Lipinski definition) is 2. The van der Waals surface area contributed by atoms with E-state index >= 15 is 0 Å². The molecule has 2 aliphatic rings. The first kappa shape index (κ1) is 45.9. The molecule has 0 bridgehead atoms. The van der Waals surface area contributed by atoms with Crippen LogP contribution in [-0.2, 0) is 19.1 Å². The highest BCUT2D eigenvalue weighted by molar-refractivity contribution is 7.99. The number of carbonyl (C=O) groups excluding carboxylic acids is 2. The molecule has 4 aromatic carbocycles. The number of aliphatic imine (C=N–C) groups is 2.